The summed E-state index contributed by atoms with van der Waals surface area (Å²) in [5.41, 5.74) is 2.02. The average molecular weight is 896 g/mol. The molecule has 1 saturated heterocycles. The maximum Gasteiger partial charge on any atom is 0.306 e. The van der Waals surface area contributed by atoms with Crippen molar-refractivity contribution in [3.63, 3.8) is 0 Å². The van der Waals surface area contributed by atoms with Crippen LogP contribution in [0.3, 0.4) is 0 Å². The zero-order chi connectivity index (χ0) is 45.3. The third-order valence-electron chi connectivity index (χ3n) is 12.7. The summed E-state index contributed by atoms with van der Waals surface area (Å²) < 4.78 is 32.7. The van der Waals surface area contributed by atoms with E-state index in [0.717, 1.165) is 30.8 Å². The van der Waals surface area contributed by atoms with Crippen LogP contribution in [0.1, 0.15) is 97.1 Å². The van der Waals surface area contributed by atoms with E-state index >= 15 is 4.79 Å². The average Bonchev–Trinajstić information content (AvgIpc) is 3.63. The Bertz CT molecular complexity index is 2470. The number of aromatic nitrogens is 2. The molecule has 3 heterocycles. The molecule has 2 aliphatic carbocycles. The third-order valence-corrected chi connectivity index (χ3v) is 16.3. The summed E-state index contributed by atoms with van der Waals surface area (Å²) in [5.74, 6) is -1.33. The molecule has 7 rings (SSSR count). The van der Waals surface area contributed by atoms with Crippen LogP contribution in [-0.4, -0.2) is 80.5 Å². The molecule has 2 saturated carbocycles. The van der Waals surface area contributed by atoms with Gasteiger partial charge in [-0.05, 0) is 87.1 Å². The number of carbonyl (C=O) groups excluding carboxylic acids is 3. The van der Waals surface area contributed by atoms with Crippen LogP contribution in [0.4, 0.5) is 5.13 Å². The minimum absolute atomic E-state index is 0.0313. The molecule has 6 atom stereocenters. The van der Waals surface area contributed by atoms with Gasteiger partial charge in [0.25, 0.3) is 0 Å². The lowest BCUT2D eigenvalue weighted by atomic mass is 9.77. The molecule has 3 aliphatic rings. The second kappa shape index (κ2) is 18.6. The molecular formula is C48H58N5O8PS. The summed E-state index contributed by atoms with van der Waals surface area (Å²) in [6, 6.07) is 15.1. The number of likely N-dealkylation sites (tertiary alicyclic amines) is 1. The van der Waals surface area contributed by atoms with Gasteiger partial charge in [0.1, 0.15) is 29.4 Å². The molecule has 334 valence electrons. The zero-order valence-corrected chi connectivity index (χ0v) is 38.7. The van der Waals surface area contributed by atoms with Crippen molar-refractivity contribution in [3.05, 3.63) is 77.7 Å². The first-order valence-corrected chi connectivity index (χ1v) is 24.5. The Hall–Kier alpha value is -5.09. The van der Waals surface area contributed by atoms with Crippen LogP contribution >= 0.6 is 18.7 Å². The highest BCUT2D eigenvalue weighted by Gasteiger charge is 2.65. The van der Waals surface area contributed by atoms with Crippen molar-refractivity contribution >= 4 is 52.4 Å². The minimum atomic E-state index is -4.10. The summed E-state index contributed by atoms with van der Waals surface area (Å²) in [4.78, 5) is 66.4. The predicted molar refractivity (Wildman–Crippen MR) is 244 cm³/mol. The maximum absolute atomic E-state index is 15.0. The van der Waals surface area contributed by atoms with E-state index in [4.69, 9.17) is 24.2 Å². The molecule has 0 radical (unpaired) electrons. The van der Waals surface area contributed by atoms with Gasteiger partial charge in [-0.1, -0.05) is 39.0 Å². The summed E-state index contributed by atoms with van der Waals surface area (Å²) in [7, 11) is -2.51. The second-order valence-corrected chi connectivity index (χ2v) is 22.2. The van der Waals surface area contributed by atoms with Crippen LogP contribution in [0.15, 0.2) is 66.6 Å². The van der Waals surface area contributed by atoms with Gasteiger partial charge in [-0.25, -0.2) is 9.97 Å². The van der Waals surface area contributed by atoms with E-state index in [-0.39, 0.29) is 62.2 Å². The molecule has 1 aliphatic heterocycles. The molecule has 1 amide bonds. The summed E-state index contributed by atoms with van der Waals surface area (Å²) in [6.45, 7) is 13.7. The fourth-order valence-electron chi connectivity index (χ4n) is 9.14. The third kappa shape index (κ3) is 10.2. The highest BCUT2D eigenvalue weighted by atomic mass is 32.1. The lowest BCUT2D eigenvalue weighted by molar-refractivity contribution is -0.156. The topological polar surface area (TPSA) is 181 Å². The molecular weight excluding hydrogens is 838 g/mol. The van der Waals surface area contributed by atoms with Crippen molar-refractivity contribution in [1.29, 1.82) is 5.26 Å². The quantitative estimate of drug-likeness (QED) is 0.0583. The van der Waals surface area contributed by atoms with E-state index in [1.165, 1.54) is 16.2 Å². The van der Waals surface area contributed by atoms with Crippen molar-refractivity contribution in [3.8, 4) is 29.0 Å². The molecule has 4 aromatic rings. The number of methoxy groups -OCH3 is 1. The Morgan fingerprint density at radius 1 is 1.11 bits per heavy atom. The number of nitriles is 1. The molecule has 13 nitrogen and oxygen atoms in total. The van der Waals surface area contributed by atoms with Crippen molar-refractivity contribution in [1.82, 2.24) is 14.9 Å². The number of hydrogen-bond donors (Lipinski definition) is 2. The van der Waals surface area contributed by atoms with Gasteiger partial charge in [0, 0.05) is 41.8 Å². The summed E-state index contributed by atoms with van der Waals surface area (Å²) in [5, 5.41) is 14.9. The number of ketones is 1. The number of benzene rings is 2. The summed E-state index contributed by atoms with van der Waals surface area (Å²) >= 11 is 1.46. The number of rotatable bonds is 17. The number of nitrogens with one attached hydrogen (secondary N) is 1. The highest BCUT2D eigenvalue weighted by molar-refractivity contribution is 7.59. The number of pyridine rings is 1. The smallest absolute Gasteiger partial charge is 0.306 e. The van der Waals surface area contributed by atoms with E-state index < -0.39 is 47.9 Å². The first-order chi connectivity index (χ1) is 29.9. The van der Waals surface area contributed by atoms with Crippen LogP contribution in [0.2, 0.25) is 0 Å². The number of anilines is 1. The van der Waals surface area contributed by atoms with Crippen LogP contribution in [-0.2, 0) is 29.8 Å². The van der Waals surface area contributed by atoms with Crippen molar-refractivity contribution in [2.75, 3.05) is 19.0 Å². The predicted octanol–water partition coefficient (Wildman–Crippen LogP) is 9.32. The monoisotopic (exact) mass is 895 g/mol. The molecule has 2 N–H and O–H groups in total. The number of esters is 1. The fraction of sp³-hybridized carbons (Fsp3) is 0.500. The Balaban J connectivity index is 1.22. The molecule has 3 fully saturated rings. The van der Waals surface area contributed by atoms with E-state index in [2.05, 4.69) is 18.0 Å². The second-order valence-electron chi connectivity index (χ2n) is 18.7. The Morgan fingerprint density at radius 3 is 2.54 bits per heavy atom. The standard InChI is InChI=1S/C48H58N5O8PS/c1-8-32-23-48(32,62(57,58)27-31-13-11-12-30(18-31)25-49)24-42(54)41-20-35(26-53(41)45(56)37(47(4,5)6)21-44(55)61-33-14-9-10-15-33)60-43-22-39(40-28-63-46(52-40)50-29(2)3)51-38-19-34(59-7)16-17-36(38)43/h8,11-13,16-19,22,28-29,32-33,35,37,41H,1,9-10,14-15,20-21,23-24,26-27H2,2-7H3,(H,50,52)(H,57,58)/t32-,35-,37-,41+,48-/m1/s1. The molecule has 2 aromatic heterocycles. The van der Waals surface area contributed by atoms with E-state index in [0.29, 0.717) is 44.9 Å². The van der Waals surface area contributed by atoms with Crippen molar-refractivity contribution < 1.29 is 38.1 Å². The molecule has 0 bridgehead atoms. The number of allylic oxidation sites excluding steroid dienone is 1. The van der Waals surface area contributed by atoms with E-state index in [1.807, 2.05) is 64.3 Å². The normalized spacial score (nSPS) is 22.6. The van der Waals surface area contributed by atoms with E-state index in [9.17, 15) is 24.3 Å². The van der Waals surface area contributed by atoms with Gasteiger partial charge < -0.3 is 29.3 Å². The minimum Gasteiger partial charge on any atom is -0.497 e. The molecule has 15 heteroatoms. The van der Waals surface area contributed by atoms with Gasteiger partial charge in [0.05, 0.1) is 66.2 Å². The van der Waals surface area contributed by atoms with Gasteiger partial charge in [-0.15, -0.1) is 17.9 Å². The number of Topliss-reactive ketones (excluding diaryl/α,β-unsaturated/α-hetero) is 1. The highest BCUT2D eigenvalue weighted by Crippen LogP contribution is 2.74. The lowest BCUT2D eigenvalue weighted by Crippen LogP contribution is -2.48. The van der Waals surface area contributed by atoms with Crippen LogP contribution in [0.5, 0.6) is 11.5 Å². The fourth-order valence-corrected chi connectivity index (χ4v) is 12.5. The van der Waals surface area contributed by atoms with Gasteiger partial charge in [0.2, 0.25) is 13.3 Å². The number of ether oxygens (including phenoxy) is 3. The van der Waals surface area contributed by atoms with Crippen molar-refractivity contribution in [2.24, 2.45) is 17.3 Å². The molecule has 2 aromatic carbocycles. The Morgan fingerprint density at radius 2 is 1.87 bits per heavy atom. The molecule has 63 heavy (non-hydrogen) atoms. The van der Waals surface area contributed by atoms with Crippen molar-refractivity contribution in [2.45, 2.75) is 122 Å². The molecule has 0 spiro atoms. The summed E-state index contributed by atoms with van der Waals surface area (Å²) in [6.07, 6.45) is 4.11. The first-order valence-electron chi connectivity index (χ1n) is 21.8. The number of amides is 1. The Labute approximate surface area is 373 Å². The number of nitrogens with zero attached hydrogens (tertiary/aromatic N) is 4. The van der Waals surface area contributed by atoms with Crippen LogP contribution < -0.4 is 14.8 Å². The number of fused-ring (bicyclic) bond motifs is 1. The lowest BCUT2D eigenvalue weighted by Gasteiger charge is -2.35. The molecule has 1 unspecified atom stereocenters. The largest absolute Gasteiger partial charge is 0.497 e. The Kier molecular flexibility index (Phi) is 13.5. The van der Waals surface area contributed by atoms with Gasteiger partial charge in [-0.3, -0.25) is 18.9 Å². The SMILES string of the molecule is C=C[C@@H]1C[C@]1(CC(=O)[C@@H]1C[C@@H](Oc2cc(-c3csc(NC(C)C)n3)nc3cc(OC)ccc23)CN1C(=O)[C@@H](CC(=O)OC1CCCC1)C(C)(C)C)P(=O)(O)Cc1cccc(C#N)c1. The van der Waals surface area contributed by atoms with Gasteiger partial charge in [0.15, 0.2) is 10.9 Å². The van der Waals surface area contributed by atoms with E-state index in [1.54, 1.807) is 37.5 Å². The van der Waals surface area contributed by atoms with Gasteiger partial charge >= 0.3 is 5.97 Å². The number of carbonyl (C=O) groups is 3. The number of hydrogen-bond acceptors (Lipinski definition) is 12. The van der Waals surface area contributed by atoms with Crippen LogP contribution in [0.25, 0.3) is 22.3 Å². The number of thiazole rings is 1. The maximum atomic E-state index is 15.0. The van der Waals surface area contributed by atoms with Crippen LogP contribution in [0, 0.1) is 28.6 Å². The first kappa shape index (κ1) is 45.9. The van der Waals surface area contributed by atoms with Gasteiger partial charge in [-0.2, -0.15) is 5.26 Å². The zero-order valence-electron chi connectivity index (χ0n) is 37.0.